The molecule has 0 spiro atoms. The molecule has 0 radical (unpaired) electrons. The quantitative estimate of drug-likeness (QED) is 0.764. The molecule has 1 aromatic rings. The molecule has 1 amide bonds. The molecular formula is C9H13N3O. The standard InChI is InChI=1S/C9H13N3O/c1-7(2)5-9(13)12-8-6-10-3-4-11-8/h3-4,6-7H,5H2,1-2H3,(H,11,12,13). The van der Waals surface area contributed by atoms with Crippen molar-refractivity contribution >= 4 is 11.7 Å². The fourth-order valence-electron chi connectivity index (χ4n) is 0.928. The number of carbonyl (C=O) groups is 1. The maximum Gasteiger partial charge on any atom is 0.225 e. The minimum atomic E-state index is -0.0181. The Bertz CT molecular complexity index is 271. The molecule has 4 nitrogen and oxygen atoms in total. The van der Waals surface area contributed by atoms with E-state index in [1.54, 1.807) is 12.4 Å². The molecule has 0 aliphatic carbocycles. The van der Waals surface area contributed by atoms with Gasteiger partial charge in [-0.3, -0.25) is 9.78 Å². The van der Waals surface area contributed by atoms with Crippen molar-refractivity contribution in [3.63, 3.8) is 0 Å². The molecule has 0 saturated carbocycles. The second-order valence-corrected chi connectivity index (χ2v) is 3.24. The first kappa shape index (κ1) is 9.64. The van der Waals surface area contributed by atoms with Crippen molar-refractivity contribution in [1.29, 1.82) is 0 Å². The second kappa shape index (κ2) is 4.54. The van der Waals surface area contributed by atoms with Crippen LogP contribution in [-0.2, 0) is 4.79 Å². The highest BCUT2D eigenvalue weighted by molar-refractivity contribution is 5.89. The molecular weight excluding hydrogens is 166 g/mol. The first-order chi connectivity index (χ1) is 6.18. The Morgan fingerprint density at radius 3 is 2.85 bits per heavy atom. The van der Waals surface area contributed by atoms with Crippen LogP contribution in [0.5, 0.6) is 0 Å². The SMILES string of the molecule is CC(C)CC(=O)Nc1cnccn1. The van der Waals surface area contributed by atoms with Crippen molar-refractivity contribution in [3.8, 4) is 0 Å². The number of rotatable bonds is 3. The molecule has 0 aliphatic rings. The van der Waals surface area contributed by atoms with Crippen molar-refractivity contribution in [1.82, 2.24) is 9.97 Å². The number of carbonyl (C=O) groups excluding carboxylic acids is 1. The molecule has 13 heavy (non-hydrogen) atoms. The summed E-state index contributed by atoms with van der Waals surface area (Å²) in [5, 5.41) is 2.66. The van der Waals surface area contributed by atoms with Gasteiger partial charge in [-0.2, -0.15) is 0 Å². The van der Waals surface area contributed by atoms with Crippen molar-refractivity contribution in [2.75, 3.05) is 5.32 Å². The molecule has 1 heterocycles. The molecule has 0 bridgehead atoms. The number of amides is 1. The molecule has 0 aromatic carbocycles. The Morgan fingerprint density at radius 1 is 1.54 bits per heavy atom. The van der Waals surface area contributed by atoms with Gasteiger partial charge in [-0.25, -0.2) is 4.98 Å². The lowest BCUT2D eigenvalue weighted by molar-refractivity contribution is -0.116. The smallest absolute Gasteiger partial charge is 0.225 e. The third-order valence-electron chi connectivity index (χ3n) is 1.42. The van der Waals surface area contributed by atoms with Crippen LogP contribution in [0.2, 0.25) is 0 Å². The summed E-state index contributed by atoms with van der Waals surface area (Å²) >= 11 is 0. The Labute approximate surface area is 77.4 Å². The van der Waals surface area contributed by atoms with Crippen LogP contribution in [0.25, 0.3) is 0 Å². The minimum absolute atomic E-state index is 0.0181. The van der Waals surface area contributed by atoms with Crippen LogP contribution < -0.4 is 5.32 Å². The van der Waals surface area contributed by atoms with E-state index in [9.17, 15) is 4.79 Å². The molecule has 1 rings (SSSR count). The lowest BCUT2D eigenvalue weighted by Gasteiger charge is -2.04. The van der Waals surface area contributed by atoms with Crippen LogP contribution in [0.4, 0.5) is 5.82 Å². The van der Waals surface area contributed by atoms with Gasteiger partial charge >= 0.3 is 0 Å². The summed E-state index contributed by atoms with van der Waals surface area (Å²) in [6, 6.07) is 0. The number of nitrogens with zero attached hydrogens (tertiary/aromatic N) is 2. The van der Waals surface area contributed by atoms with Crippen LogP contribution >= 0.6 is 0 Å². The molecule has 0 unspecified atom stereocenters. The van der Waals surface area contributed by atoms with Gasteiger partial charge in [-0.1, -0.05) is 13.8 Å². The lowest BCUT2D eigenvalue weighted by Crippen LogP contribution is -2.14. The predicted molar refractivity (Wildman–Crippen MR) is 50.1 cm³/mol. The van der Waals surface area contributed by atoms with E-state index in [0.29, 0.717) is 18.2 Å². The van der Waals surface area contributed by atoms with Crippen molar-refractivity contribution in [3.05, 3.63) is 18.6 Å². The van der Waals surface area contributed by atoms with Gasteiger partial charge in [0, 0.05) is 18.8 Å². The van der Waals surface area contributed by atoms with Crippen LogP contribution in [0, 0.1) is 5.92 Å². The fourth-order valence-corrected chi connectivity index (χ4v) is 0.928. The van der Waals surface area contributed by atoms with E-state index >= 15 is 0 Å². The Kier molecular flexibility index (Phi) is 3.37. The highest BCUT2D eigenvalue weighted by Crippen LogP contribution is 2.03. The van der Waals surface area contributed by atoms with Gasteiger partial charge < -0.3 is 5.32 Å². The second-order valence-electron chi connectivity index (χ2n) is 3.24. The molecule has 1 aromatic heterocycles. The van der Waals surface area contributed by atoms with E-state index in [2.05, 4.69) is 15.3 Å². The van der Waals surface area contributed by atoms with E-state index in [1.165, 1.54) is 6.20 Å². The number of hydrogen-bond donors (Lipinski definition) is 1. The van der Waals surface area contributed by atoms with Crippen LogP contribution in [-0.4, -0.2) is 15.9 Å². The zero-order valence-electron chi connectivity index (χ0n) is 7.82. The van der Waals surface area contributed by atoms with E-state index in [-0.39, 0.29) is 5.91 Å². The lowest BCUT2D eigenvalue weighted by atomic mass is 10.1. The Balaban J connectivity index is 2.46. The Hall–Kier alpha value is -1.45. The third-order valence-corrected chi connectivity index (χ3v) is 1.42. The normalized spacial score (nSPS) is 10.1. The molecule has 4 heteroatoms. The highest BCUT2D eigenvalue weighted by Gasteiger charge is 2.04. The van der Waals surface area contributed by atoms with Gasteiger partial charge in [-0.15, -0.1) is 0 Å². The van der Waals surface area contributed by atoms with Gasteiger partial charge in [0.15, 0.2) is 5.82 Å². The summed E-state index contributed by atoms with van der Waals surface area (Å²) in [6.07, 6.45) is 5.15. The number of aromatic nitrogens is 2. The zero-order valence-corrected chi connectivity index (χ0v) is 7.82. The number of hydrogen-bond acceptors (Lipinski definition) is 3. The summed E-state index contributed by atoms with van der Waals surface area (Å²) in [4.78, 5) is 19.0. The highest BCUT2D eigenvalue weighted by atomic mass is 16.1. The average Bonchev–Trinajstić information content (AvgIpc) is 2.04. The minimum Gasteiger partial charge on any atom is -0.309 e. The average molecular weight is 179 g/mol. The fraction of sp³-hybridized carbons (Fsp3) is 0.444. The predicted octanol–water partition coefficient (Wildman–Crippen LogP) is 1.46. The molecule has 0 atom stereocenters. The van der Waals surface area contributed by atoms with Crippen LogP contribution in [0.3, 0.4) is 0 Å². The Morgan fingerprint density at radius 2 is 2.31 bits per heavy atom. The largest absolute Gasteiger partial charge is 0.309 e. The maximum absolute atomic E-state index is 11.2. The van der Waals surface area contributed by atoms with Gasteiger partial charge in [0.1, 0.15) is 0 Å². The zero-order chi connectivity index (χ0) is 9.68. The van der Waals surface area contributed by atoms with Gasteiger partial charge in [0.2, 0.25) is 5.91 Å². The molecule has 70 valence electrons. The van der Waals surface area contributed by atoms with Crippen molar-refractivity contribution < 1.29 is 4.79 Å². The number of anilines is 1. The van der Waals surface area contributed by atoms with Gasteiger partial charge in [0.25, 0.3) is 0 Å². The van der Waals surface area contributed by atoms with Crippen molar-refractivity contribution in [2.45, 2.75) is 20.3 Å². The van der Waals surface area contributed by atoms with Crippen LogP contribution in [0.1, 0.15) is 20.3 Å². The summed E-state index contributed by atoms with van der Waals surface area (Å²) < 4.78 is 0. The van der Waals surface area contributed by atoms with Gasteiger partial charge in [-0.05, 0) is 5.92 Å². The van der Waals surface area contributed by atoms with E-state index < -0.39 is 0 Å². The molecule has 0 saturated heterocycles. The first-order valence-corrected chi connectivity index (χ1v) is 4.24. The number of nitrogens with one attached hydrogen (secondary N) is 1. The first-order valence-electron chi connectivity index (χ1n) is 4.24. The van der Waals surface area contributed by atoms with Crippen LogP contribution in [0.15, 0.2) is 18.6 Å². The molecule has 0 aliphatic heterocycles. The van der Waals surface area contributed by atoms with E-state index in [4.69, 9.17) is 0 Å². The summed E-state index contributed by atoms with van der Waals surface area (Å²) in [7, 11) is 0. The summed E-state index contributed by atoms with van der Waals surface area (Å²) in [5.41, 5.74) is 0. The molecule has 0 fully saturated rings. The molecule has 1 N–H and O–H groups in total. The third kappa shape index (κ3) is 3.64. The topological polar surface area (TPSA) is 54.9 Å². The van der Waals surface area contributed by atoms with Crippen molar-refractivity contribution in [2.24, 2.45) is 5.92 Å². The van der Waals surface area contributed by atoms with Gasteiger partial charge in [0.05, 0.1) is 6.20 Å². The van der Waals surface area contributed by atoms with E-state index in [0.717, 1.165) is 0 Å². The summed E-state index contributed by atoms with van der Waals surface area (Å²) in [6.45, 7) is 3.99. The monoisotopic (exact) mass is 179 g/mol. The summed E-state index contributed by atoms with van der Waals surface area (Å²) in [5.74, 6) is 0.848. The maximum atomic E-state index is 11.2. The van der Waals surface area contributed by atoms with E-state index in [1.807, 2.05) is 13.8 Å².